The third-order valence-electron chi connectivity index (χ3n) is 3.59. The number of hydrogen-bond donors (Lipinski definition) is 1. The number of thiocarbonyl (C=S) groups is 1. The third-order valence-corrected chi connectivity index (χ3v) is 3.97. The van der Waals surface area contributed by atoms with E-state index in [2.05, 4.69) is 81.5 Å². The third kappa shape index (κ3) is 4.40. The molecule has 0 radical (unpaired) electrons. The molecular formula is C19H23NS. The highest BCUT2D eigenvalue weighted by Crippen LogP contribution is 2.22. The predicted octanol–water partition coefficient (Wildman–Crippen LogP) is 4.76. The summed E-state index contributed by atoms with van der Waals surface area (Å²) >= 11 is 5.47. The molecule has 0 aliphatic carbocycles. The van der Waals surface area contributed by atoms with Gasteiger partial charge in [-0.1, -0.05) is 87.1 Å². The molecule has 0 atom stereocenters. The first kappa shape index (κ1) is 15.7. The van der Waals surface area contributed by atoms with E-state index in [9.17, 15) is 0 Å². The smallest absolute Gasteiger partial charge is 0.106 e. The van der Waals surface area contributed by atoms with E-state index in [0.29, 0.717) is 0 Å². The second-order valence-corrected chi connectivity index (χ2v) is 6.90. The van der Waals surface area contributed by atoms with E-state index in [0.717, 1.165) is 17.1 Å². The molecule has 0 bridgehead atoms. The topological polar surface area (TPSA) is 12.0 Å². The summed E-state index contributed by atoms with van der Waals surface area (Å²) in [4.78, 5) is 0.802. The maximum Gasteiger partial charge on any atom is 0.106 e. The van der Waals surface area contributed by atoms with Crippen molar-refractivity contribution in [2.24, 2.45) is 0 Å². The molecule has 1 nitrogen and oxygen atoms in total. The van der Waals surface area contributed by atoms with Gasteiger partial charge in [-0.05, 0) is 23.5 Å². The second-order valence-electron chi connectivity index (χ2n) is 6.50. The zero-order valence-electron chi connectivity index (χ0n) is 13.2. The van der Waals surface area contributed by atoms with Gasteiger partial charge in [0.1, 0.15) is 4.99 Å². The van der Waals surface area contributed by atoms with Crippen LogP contribution < -0.4 is 5.32 Å². The molecule has 0 saturated carbocycles. The van der Waals surface area contributed by atoms with Crippen LogP contribution in [0.2, 0.25) is 0 Å². The van der Waals surface area contributed by atoms with E-state index in [4.69, 9.17) is 12.2 Å². The first-order chi connectivity index (χ1) is 9.86. The summed E-state index contributed by atoms with van der Waals surface area (Å²) in [5.74, 6) is 0. The van der Waals surface area contributed by atoms with Crippen LogP contribution in [0.4, 0.5) is 0 Å². The maximum absolute atomic E-state index is 5.47. The van der Waals surface area contributed by atoms with E-state index < -0.39 is 0 Å². The fourth-order valence-corrected chi connectivity index (χ4v) is 2.32. The van der Waals surface area contributed by atoms with Gasteiger partial charge >= 0.3 is 0 Å². The molecule has 0 aliphatic rings. The average molecular weight is 297 g/mol. The first-order valence-corrected chi connectivity index (χ1v) is 7.71. The van der Waals surface area contributed by atoms with Gasteiger partial charge in [0, 0.05) is 12.1 Å². The fraction of sp³-hybridized carbons (Fsp3) is 0.316. The van der Waals surface area contributed by atoms with Crippen LogP contribution >= 0.6 is 12.2 Å². The molecule has 2 heteroatoms. The van der Waals surface area contributed by atoms with Crippen LogP contribution in [0.25, 0.3) is 0 Å². The van der Waals surface area contributed by atoms with E-state index in [-0.39, 0.29) is 5.41 Å². The molecule has 110 valence electrons. The molecule has 2 aromatic rings. The lowest BCUT2D eigenvalue weighted by Crippen LogP contribution is -2.22. The lowest BCUT2D eigenvalue weighted by Gasteiger charge is -2.19. The lowest BCUT2D eigenvalue weighted by atomic mass is 9.87. The van der Waals surface area contributed by atoms with Gasteiger partial charge in [0.05, 0.1) is 0 Å². The molecule has 0 aliphatic heterocycles. The van der Waals surface area contributed by atoms with Crippen LogP contribution in [0, 0.1) is 6.92 Å². The molecule has 0 amide bonds. The van der Waals surface area contributed by atoms with Gasteiger partial charge in [0.25, 0.3) is 0 Å². The Bertz CT molecular complexity index is 604. The number of aryl methyl sites for hydroxylation is 1. The van der Waals surface area contributed by atoms with Gasteiger partial charge in [-0.2, -0.15) is 0 Å². The van der Waals surface area contributed by atoms with Crippen LogP contribution in [-0.4, -0.2) is 4.99 Å². The second kappa shape index (κ2) is 6.40. The normalized spacial score (nSPS) is 11.2. The number of nitrogens with one attached hydrogen (secondary N) is 1. The van der Waals surface area contributed by atoms with Crippen molar-refractivity contribution in [2.75, 3.05) is 0 Å². The highest BCUT2D eigenvalue weighted by atomic mass is 32.1. The Kier molecular flexibility index (Phi) is 4.79. The van der Waals surface area contributed by atoms with Gasteiger partial charge in [-0.15, -0.1) is 0 Å². The van der Waals surface area contributed by atoms with Gasteiger partial charge in [0.2, 0.25) is 0 Å². The molecule has 0 unspecified atom stereocenters. The van der Waals surface area contributed by atoms with E-state index >= 15 is 0 Å². The molecule has 2 rings (SSSR count). The minimum Gasteiger partial charge on any atom is -0.372 e. The Morgan fingerprint density at radius 2 is 1.52 bits per heavy atom. The molecule has 2 aromatic carbocycles. The summed E-state index contributed by atoms with van der Waals surface area (Å²) in [5, 5.41) is 3.32. The van der Waals surface area contributed by atoms with Crippen LogP contribution in [0.3, 0.4) is 0 Å². The number of benzene rings is 2. The summed E-state index contributed by atoms with van der Waals surface area (Å²) in [5.41, 5.74) is 5.10. The van der Waals surface area contributed by atoms with Crippen molar-refractivity contribution in [3.8, 4) is 0 Å². The number of rotatable bonds is 3. The van der Waals surface area contributed by atoms with E-state index in [1.165, 1.54) is 16.7 Å². The minimum absolute atomic E-state index is 0.176. The summed E-state index contributed by atoms with van der Waals surface area (Å²) in [6.07, 6.45) is 0. The molecular weight excluding hydrogens is 274 g/mol. The summed E-state index contributed by atoms with van der Waals surface area (Å²) in [6.45, 7) is 9.51. The molecule has 0 spiro atoms. The van der Waals surface area contributed by atoms with Gasteiger partial charge < -0.3 is 5.32 Å². The predicted molar refractivity (Wildman–Crippen MR) is 94.9 cm³/mol. The lowest BCUT2D eigenvalue weighted by molar-refractivity contribution is 0.590. The monoisotopic (exact) mass is 297 g/mol. The molecule has 21 heavy (non-hydrogen) atoms. The van der Waals surface area contributed by atoms with Crippen molar-refractivity contribution in [2.45, 2.75) is 39.7 Å². The van der Waals surface area contributed by atoms with Crippen molar-refractivity contribution in [1.29, 1.82) is 0 Å². The SMILES string of the molecule is Cc1ccc(CNC(=S)c2ccc(C(C)(C)C)cc2)cc1. The zero-order valence-corrected chi connectivity index (χ0v) is 14.1. The average Bonchev–Trinajstić information content (AvgIpc) is 2.45. The highest BCUT2D eigenvalue weighted by molar-refractivity contribution is 7.80. The Morgan fingerprint density at radius 3 is 2.05 bits per heavy atom. The molecule has 0 aromatic heterocycles. The van der Waals surface area contributed by atoms with E-state index in [1.54, 1.807) is 0 Å². The fourth-order valence-electron chi connectivity index (χ4n) is 2.11. The van der Waals surface area contributed by atoms with Crippen molar-refractivity contribution < 1.29 is 0 Å². The van der Waals surface area contributed by atoms with Gasteiger partial charge in [0.15, 0.2) is 0 Å². The first-order valence-electron chi connectivity index (χ1n) is 7.30. The van der Waals surface area contributed by atoms with Crippen molar-refractivity contribution in [3.05, 3.63) is 70.8 Å². The standard InChI is InChI=1S/C19H23NS/c1-14-5-7-15(8-6-14)13-20-18(21)16-9-11-17(12-10-16)19(2,3)4/h5-12H,13H2,1-4H3,(H,20,21). The van der Waals surface area contributed by atoms with E-state index in [1.807, 2.05) is 0 Å². The molecule has 0 saturated heterocycles. The van der Waals surface area contributed by atoms with Crippen LogP contribution in [-0.2, 0) is 12.0 Å². The molecule has 0 fully saturated rings. The van der Waals surface area contributed by atoms with Crippen molar-refractivity contribution in [3.63, 3.8) is 0 Å². The van der Waals surface area contributed by atoms with Crippen molar-refractivity contribution in [1.82, 2.24) is 5.32 Å². The maximum atomic E-state index is 5.47. The van der Waals surface area contributed by atoms with Crippen LogP contribution in [0.5, 0.6) is 0 Å². The highest BCUT2D eigenvalue weighted by Gasteiger charge is 2.13. The quantitative estimate of drug-likeness (QED) is 0.820. The summed E-state index contributed by atoms with van der Waals surface area (Å²) in [6, 6.07) is 17.0. The van der Waals surface area contributed by atoms with Gasteiger partial charge in [-0.3, -0.25) is 0 Å². The molecule has 0 heterocycles. The Hall–Kier alpha value is -1.67. The zero-order chi connectivity index (χ0) is 15.5. The molecule has 1 N–H and O–H groups in total. The Labute approximate surface area is 133 Å². The largest absolute Gasteiger partial charge is 0.372 e. The Balaban J connectivity index is 1.99. The summed E-state index contributed by atoms with van der Waals surface area (Å²) < 4.78 is 0. The summed E-state index contributed by atoms with van der Waals surface area (Å²) in [7, 11) is 0. The minimum atomic E-state index is 0.176. The van der Waals surface area contributed by atoms with Crippen LogP contribution in [0.1, 0.15) is 43.0 Å². The van der Waals surface area contributed by atoms with Crippen LogP contribution in [0.15, 0.2) is 48.5 Å². The van der Waals surface area contributed by atoms with Crippen molar-refractivity contribution >= 4 is 17.2 Å². The Morgan fingerprint density at radius 1 is 0.952 bits per heavy atom. The van der Waals surface area contributed by atoms with Gasteiger partial charge in [-0.25, -0.2) is 0 Å². The number of hydrogen-bond acceptors (Lipinski definition) is 1.